The molecule has 1 saturated carbocycles. The van der Waals surface area contributed by atoms with Crippen LogP contribution in [0.15, 0.2) is 24.3 Å². The van der Waals surface area contributed by atoms with Gasteiger partial charge in [-0.2, -0.15) is 0 Å². The van der Waals surface area contributed by atoms with E-state index in [0.29, 0.717) is 6.42 Å². The Balaban J connectivity index is 1.28. The number of halogens is 1. The monoisotopic (exact) mass is 390 g/mol. The summed E-state index contributed by atoms with van der Waals surface area (Å²) in [7, 11) is 0. The Morgan fingerprint density at radius 1 is 1.22 bits per heavy atom. The van der Waals surface area contributed by atoms with Gasteiger partial charge in [-0.15, -0.1) is 0 Å². The average Bonchev–Trinajstić information content (AvgIpc) is 3.32. The summed E-state index contributed by atoms with van der Waals surface area (Å²) in [6, 6.07) is 8.62. The minimum absolute atomic E-state index is 0.150. The topological polar surface area (TPSA) is 43.8 Å². The van der Waals surface area contributed by atoms with E-state index in [1.54, 1.807) is 0 Å². The summed E-state index contributed by atoms with van der Waals surface area (Å²) in [5.74, 6) is 1.16. The van der Waals surface area contributed by atoms with E-state index in [-0.39, 0.29) is 17.9 Å². The molecule has 1 N–H and O–H groups in total. The first kappa shape index (κ1) is 19.2. The Bertz CT molecular complexity index is 672. The van der Waals surface area contributed by atoms with E-state index >= 15 is 0 Å². The maximum absolute atomic E-state index is 12.7. The minimum atomic E-state index is -0.157. The summed E-state index contributed by atoms with van der Waals surface area (Å²) in [4.78, 5) is 17.2. The number of rotatable bonds is 6. The molecule has 2 bridgehead atoms. The minimum Gasteiger partial charge on any atom is -0.396 e. The van der Waals surface area contributed by atoms with Crippen LogP contribution in [0.2, 0.25) is 5.02 Å². The second-order valence-corrected chi connectivity index (χ2v) is 9.29. The number of carbonyl (C=O) groups excluding carboxylic acids is 1. The Morgan fingerprint density at radius 2 is 2.00 bits per heavy atom. The van der Waals surface area contributed by atoms with Gasteiger partial charge in [0.05, 0.1) is 0 Å². The molecule has 3 fully saturated rings. The molecule has 0 spiro atoms. The number of carbonyl (C=O) groups is 1. The predicted octanol–water partition coefficient (Wildman–Crippen LogP) is 3.36. The van der Waals surface area contributed by atoms with E-state index in [4.69, 9.17) is 11.6 Å². The van der Waals surface area contributed by atoms with Crippen molar-refractivity contribution in [1.29, 1.82) is 0 Å². The number of piperidine rings is 2. The van der Waals surface area contributed by atoms with Gasteiger partial charge in [-0.1, -0.05) is 29.8 Å². The highest BCUT2D eigenvalue weighted by Gasteiger charge is 2.39. The Hall–Kier alpha value is -1.10. The summed E-state index contributed by atoms with van der Waals surface area (Å²) in [5.41, 5.74) is 0.938. The molecule has 4 nitrogen and oxygen atoms in total. The number of aliphatic hydroxyl groups excluding tert-OH is 1. The van der Waals surface area contributed by atoms with Gasteiger partial charge < -0.3 is 10.0 Å². The second kappa shape index (κ2) is 8.10. The fourth-order valence-corrected chi connectivity index (χ4v) is 5.57. The maximum Gasteiger partial charge on any atom is 0.223 e. The van der Waals surface area contributed by atoms with Gasteiger partial charge in [0.25, 0.3) is 0 Å². The van der Waals surface area contributed by atoms with Crippen LogP contribution < -0.4 is 0 Å². The molecule has 2 atom stereocenters. The molecule has 0 unspecified atom stereocenters. The van der Waals surface area contributed by atoms with Crippen molar-refractivity contribution in [2.75, 3.05) is 32.8 Å². The fourth-order valence-electron chi connectivity index (χ4n) is 5.36. The fraction of sp³-hybridized carbons (Fsp3) is 0.682. The lowest BCUT2D eigenvalue weighted by Crippen LogP contribution is -2.46. The van der Waals surface area contributed by atoms with Gasteiger partial charge >= 0.3 is 0 Å². The molecular weight excluding hydrogens is 360 g/mol. The van der Waals surface area contributed by atoms with Crippen LogP contribution >= 0.6 is 11.6 Å². The molecule has 2 aliphatic heterocycles. The first-order valence-corrected chi connectivity index (χ1v) is 10.8. The molecule has 1 aromatic carbocycles. The summed E-state index contributed by atoms with van der Waals surface area (Å²) >= 11 is 6.32. The summed E-state index contributed by atoms with van der Waals surface area (Å²) in [6.45, 7) is 3.76. The number of nitrogens with zero attached hydrogens (tertiary/aromatic N) is 2. The third-order valence-electron chi connectivity index (χ3n) is 7.17. The van der Waals surface area contributed by atoms with E-state index in [1.807, 2.05) is 29.2 Å². The standard InChI is InChI=1S/C22H31ClN2O2/c23-20-4-2-1-3-18(20)14-22(16-26)8-11-24(12-9-22)21(27)7-10-25-15-17-5-6-19(25)13-17/h1-4,17,19,26H,5-16H2/t17-,19-/m1/s1. The van der Waals surface area contributed by atoms with Crippen LogP contribution in [-0.4, -0.2) is 59.6 Å². The normalized spacial score (nSPS) is 27.3. The van der Waals surface area contributed by atoms with Crippen molar-refractivity contribution in [2.24, 2.45) is 11.3 Å². The highest BCUT2D eigenvalue weighted by atomic mass is 35.5. The number of hydrogen-bond acceptors (Lipinski definition) is 3. The molecule has 1 aliphatic carbocycles. The van der Waals surface area contributed by atoms with Gasteiger partial charge in [-0.25, -0.2) is 0 Å². The smallest absolute Gasteiger partial charge is 0.223 e. The number of benzene rings is 1. The average molecular weight is 391 g/mol. The van der Waals surface area contributed by atoms with E-state index < -0.39 is 0 Å². The van der Waals surface area contributed by atoms with Crippen molar-refractivity contribution < 1.29 is 9.90 Å². The van der Waals surface area contributed by atoms with Crippen LogP contribution in [0.1, 0.15) is 44.1 Å². The van der Waals surface area contributed by atoms with Crippen LogP contribution in [0, 0.1) is 11.3 Å². The molecule has 148 valence electrons. The van der Waals surface area contributed by atoms with E-state index in [0.717, 1.165) is 61.4 Å². The lowest BCUT2D eigenvalue weighted by Gasteiger charge is -2.41. The summed E-state index contributed by atoms with van der Waals surface area (Å²) in [5, 5.41) is 10.8. The van der Waals surface area contributed by atoms with Gasteiger partial charge in [0.2, 0.25) is 5.91 Å². The highest BCUT2D eigenvalue weighted by molar-refractivity contribution is 6.31. The maximum atomic E-state index is 12.7. The molecule has 5 heteroatoms. The molecule has 2 saturated heterocycles. The quantitative estimate of drug-likeness (QED) is 0.810. The molecule has 0 radical (unpaired) electrons. The van der Waals surface area contributed by atoms with E-state index in [1.165, 1.54) is 25.8 Å². The molecule has 0 aromatic heterocycles. The third kappa shape index (κ3) is 4.18. The third-order valence-corrected chi connectivity index (χ3v) is 7.54. The molecule has 3 aliphatic rings. The lowest BCUT2D eigenvalue weighted by atomic mass is 9.74. The van der Waals surface area contributed by atoms with Gasteiger partial charge in [-0.05, 0) is 56.1 Å². The lowest BCUT2D eigenvalue weighted by molar-refractivity contribution is -0.134. The van der Waals surface area contributed by atoms with Crippen molar-refractivity contribution in [3.63, 3.8) is 0 Å². The zero-order valence-corrected chi connectivity index (χ0v) is 16.8. The SMILES string of the molecule is O=C(CCN1C[C@@H]2CC[C@@H]1C2)N1CCC(CO)(Cc2ccccc2Cl)CC1. The van der Waals surface area contributed by atoms with Crippen LogP contribution in [-0.2, 0) is 11.2 Å². The number of likely N-dealkylation sites (tertiary alicyclic amines) is 2. The summed E-state index contributed by atoms with van der Waals surface area (Å²) < 4.78 is 0. The van der Waals surface area contributed by atoms with Gasteiger partial charge in [-0.3, -0.25) is 9.69 Å². The van der Waals surface area contributed by atoms with Crippen LogP contribution in [0.5, 0.6) is 0 Å². The molecule has 27 heavy (non-hydrogen) atoms. The van der Waals surface area contributed by atoms with Gasteiger partial charge in [0, 0.05) is 55.7 Å². The molecule has 1 amide bonds. The first-order valence-electron chi connectivity index (χ1n) is 10.4. The van der Waals surface area contributed by atoms with Crippen molar-refractivity contribution >= 4 is 17.5 Å². The number of fused-ring (bicyclic) bond motifs is 2. The van der Waals surface area contributed by atoms with Crippen molar-refractivity contribution in [3.8, 4) is 0 Å². The van der Waals surface area contributed by atoms with E-state index in [9.17, 15) is 9.90 Å². The molecule has 1 aromatic rings. The number of hydrogen-bond donors (Lipinski definition) is 1. The Labute approximate surface area is 167 Å². The second-order valence-electron chi connectivity index (χ2n) is 8.88. The van der Waals surface area contributed by atoms with Crippen molar-refractivity contribution in [3.05, 3.63) is 34.9 Å². The molecular formula is C22H31ClN2O2. The molecule has 2 heterocycles. The van der Waals surface area contributed by atoms with Crippen LogP contribution in [0.4, 0.5) is 0 Å². The Kier molecular flexibility index (Phi) is 5.77. The predicted molar refractivity (Wildman–Crippen MR) is 108 cm³/mol. The Morgan fingerprint density at radius 3 is 2.63 bits per heavy atom. The first-order chi connectivity index (χ1) is 13.1. The zero-order valence-electron chi connectivity index (χ0n) is 16.1. The summed E-state index contributed by atoms with van der Waals surface area (Å²) in [6.07, 6.45) is 7.16. The van der Waals surface area contributed by atoms with Crippen molar-refractivity contribution in [1.82, 2.24) is 9.80 Å². The van der Waals surface area contributed by atoms with E-state index in [2.05, 4.69) is 4.90 Å². The van der Waals surface area contributed by atoms with Crippen LogP contribution in [0.25, 0.3) is 0 Å². The number of aliphatic hydroxyl groups is 1. The largest absolute Gasteiger partial charge is 0.396 e. The number of amides is 1. The van der Waals surface area contributed by atoms with Crippen LogP contribution in [0.3, 0.4) is 0 Å². The zero-order chi connectivity index (χ0) is 18.9. The van der Waals surface area contributed by atoms with Gasteiger partial charge in [0.1, 0.15) is 0 Å². The molecule has 4 rings (SSSR count). The highest BCUT2D eigenvalue weighted by Crippen LogP contribution is 2.38. The van der Waals surface area contributed by atoms with Crippen molar-refractivity contribution in [2.45, 2.75) is 51.0 Å². The van der Waals surface area contributed by atoms with Gasteiger partial charge in [0.15, 0.2) is 0 Å².